The number of pyridine rings is 1. The van der Waals surface area contributed by atoms with Gasteiger partial charge in [0.1, 0.15) is 0 Å². The van der Waals surface area contributed by atoms with Gasteiger partial charge in [0.15, 0.2) is 5.75 Å². The van der Waals surface area contributed by atoms with Crippen molar-refractivity contribution in [1.29, 1.82) is 0 Å². The molecule has 1 aromatic heterocycles. The van der Waals surface area contributed by atoms with Gasteiger partial charge in [-0.25, -0.2) is 0 Å². The van der Waals surface area contributed by atoms with Crippen molar-refractivity contribution in [2.75, 3.05) is 26.7 Å². The molecule has 1 fully saturated rings. The fourth-order valence-electron chi connectivity index (χ4n) is 2.95. The van der Waals surface area contributed by atoms with Crippen molar-refractivity contribution in [3.8, 4) is 5.75 Å². The maximum Gasteiger partial charge on any atom is 0.310 e. The average molecular weight is 379 g/mol. The van der Waals surface area contributed by atoms with Crippen LogP contribution in [0.15, 0.2) is 42.7 Å². The maximum absolute atomic E-state index is 13.0. The number of rotatable bonds is 4. The van der Waals surface area contributed by atoms with E-state index in [-0.39, 0.29) is 35.8 Å². The molecule has 9 heteroatoms. The second-order valence-corrected chi connectivity index (χ2v) is 5.65. The molecule has 0 saturated carbocycles. The summed E-state index contributed by atoms with van der Waals surface area (Å²) in [4.78, 5) is 29.4. The summed E-state index contributed by atoms with van der Waals surface area (Å²) in [7, 11) is 1.35. The number of carbonyl (C=O) groups is 1. The Morgan fingerprint density at radius 3 is 2.88 bits per heavy atom. The second-order valence-electron chi connectivity index (χ2n) is 5.65. The van der Waals surface area contributed by atoms with Crippen molar-refractivity contribution in [1.82, 2.24) is 15.2 Å². The second kappa shape index (κ2) is 8.59. The summed E-state index contributed by atoms with van der Waals surface area (Å²) >= 11 is 0. The van der Waals surface area contributed by atoms with E-state index in [0.717, 1.165) is 5.56 Å². The van der Waals surface area contributed by atoms with E-state index < -0.39 is 4.92 Å². The molecule has 1 aromatic carbocycles. The third-order valence-corrected chi connectivity index (χ3v) is 4.20. The lowest BCUT2D eigenvalue weighted by Gasteiger charge is -2.36. The van der Waals surface area contributed by atoms with Gasteiger partial charge < -0.3 is 15.0 Å². The Labute approximate surface area is 156 Å². The molecule has 1 aliphatic heterocycles. The van der Waals surface area contributed by atoms with E-state index in [2.05, 4.69) is 10.3 Å². The summed E-state index contributed by atoms with van der Waals surface area (Å²) in [6.45, 7) is 1.85. The largest absolute Gasteiger partial charge is 0.490 e. The monoisotopic (exact) mass is 378 g/mol. The van der Waals surface area contributed by atoms with Gasteiger partial charge in [0.2, 0.25) is 0 Å². The minimum Gasteiger partial charge on any atom is -0.490 e. The van der Waals surface area contributed by atoms with Gasteiger partial charge >= 0.3 is 5.69 Å². The molecule has 2 aromatic rings. The number of nitrogens with one attached hydrogen (secondary N) is 1. The first-order valence-electron chi connectivity index (χ1n) is 7.86. The molecule has 1 N–H and O–H groups in total. The van der Waals surface area contributed by atoms with Crippen LogP contribution in [0.4, 0.5) is 5.69 Å². The van der Waals surface area contributed by atoms with Crippen LogP contribution < -0.4 is 10.1 Å². The highest BCUT2D eigenvalue weighted by Crippen LogP contribution is 2.30. The molecular formula is C17H19ClN4O4. The Morgan fingerprint density at radius 1 is 1.42 bits per heavy atom. The quantitative estimate of drug-likeness (QED) is 0.647. The molecule has 1 saturated heterocycles. The highest BCUT2D eigenvalue weighted by molar-refractivity contribution is 5.95. The Kier molecular flexibility index (Phi) is 6.48. The average Bonchev–Trinajstić information content (AvgIpc) is 2.67. The molecule has 26 heavy (non-hydrogen) atoms. The van der Waals surface area contributed by atoms with Crippen molar-refractivity contribution >= 4 is 24.0 Å². The summed E-state index contributed by atoms with van der Waals surface area (Å²) in [5, 5.41) is 14.3. The van der Waals surface area contributed by atoms with Gasteiger partial charge in [-0.15, -0.1) is 12.4 Å². The van der Waals surface area contributed by atoms with Crippen molar-refractivity contribution in [3.63, 3.8) is 0 Å². The lowest BCUT2D eigenvalue weighted by atomic mass is 10.0. The lowest BCUT2D eigenvalue weighted by molar-refractivity contribution is -0.385. The smallest absolute Gasteiger partial charge is 0.310 e. The van der Waals surface area contributed by atoms with Gasteiger partial charge in [-0.1, -0.05) is 6.07 Å². The molecule has 0 radical (unpaired) electrons. The van der Waals surface area contributed by atoms with Crippen LogP contribution in [0.3, 0.4) is 0 Å². The van der Waals surface area contributed by atoms with Crippen LogP contribution in [0.1, 0.15) is 22.0 Å². The number of methoxy groups -OCH3 is 1. The number of ether oxygens (including phenoxy) is 1. The van der Waals surface area contributed by atoms with Gasteiger partial charge in [-0.3, -0.25) is 19.9 Å². The third-order valence-electron chi connectivity index (χ3n) is 4.20. The van der Waals surface area contributed by atoms with E-state index in [1.807, 2.05) is 12.1 Å². The van der Waals surface area contributed by atoms with E-state index in [9.17, 15) is 14.9 Å². The van der Waals surface area contributed by atoms with Gasteiger partial charge in [0.05, 0.1) is 18.1 Å². The Bertz CT molecular complexity index is 788. The number of aromatic nitrogens is 1. The summed E-state index contributed by atoms with van der Waals surface area (Å²) in [5.74, 6) is -0.118. The highest BCUT2D eigenvalue weighted by Gasteiger charge is 2.29. The molecular weight excluding hydrogens is 360 g/mol. The normalized spacial score (nSPS) is 16.5. The zero-order chi connectivity index (χ0) is 17.8. The number of nitro benzene ring substituents is 1. The molecule has 0 bridgehead atoms. The third kappa shape index (κ3) is 3.92. The fourth-order valence-corrected chi connectivity index (χ4v) is 2.95. The summed E-state index contributed by atoms with van der Waals surface area (Å²) in [6, 6.07) is 7.81. The Morgan fingerprint density at radius 2 is 2.23 bits per heavy atom. The molecule has 1 aliphatic rings. The number of nitrogens with zero attached hydrogens (tertiary/aromatic N) is 3. The summed E-state index contributed by atoms with van der Waals surface area (Å²) < 4.78 is 5.06. The predicted octanol–water partition coefficient (Wildman–Crippen LogP) is 2.21. The van der Waals surface area contributed by atoms with Crippen LogP contribution in [0.5, 0.6) is 5.75 Å². The zero-order valence-corrected chi connectivity index (χ0v) is 14.9. The number of piperazine rings is 1. The molecule has 1 unspecified atom stereocenters. The van der Waals surface area contributed by atoms with E-state index in [1.165, 1.54) is 25.3 Å². The summed E-state index contributed by atoms with van der Waals surface area (Å²) in [5.41, 5.74) is 1.14. The highest BCUT2D eigenvalue weighted by atomic mass is 35.5. The van der Waals surface area contributed by atoms with Crippen molar-refractivity contribution in [2.24, 2.45) is 0 Å². The SMILES string of the molecule is COc1cc(C(=O)N2CCNCC2c2cccnc2)ccc1[N+](=O)[O-].Cl. The van der Waals surface area contributed by atoms with Crippen LogP contribution in [-0.4, -0.2) is 47.5 Å². The minimum atomic E-state index is -0.531. The number of nitro groups is 1. The molecule has 0 spiro atoms. The number of amides is 1. The summed E-state index contributed by atoms with van der Waals surface area (Å²) in [6.07, 6.45) is 3.43. The van der Waals surface area contributed by atoms with E-state index in [0.29, 0.717) is 25.2 Å². The van der Waals surface area contributed by atoms with Crippen molar-refractivity contribution in [2.45, 2.75) is 6.04 Å². The number of hydrogen-bond acceptors (Lipinski definition) is 6. The number of benzene rings is 1. The molecule has 1 atom stereocenters. The zero-order valence-electron chi connectivity index (χ0n) is 14.1. The van der Waals surface area contributed by atoms with E-state index in [4.69, 9.17) is 4.74 Å². The fraction of sp³-hybridized carbons (Fsp3) is 0.294. The predicted molar refractivity (Wildman–Crippen MR) is 97.8 cm³/mol. The van der Waals surface area contributed by atoms with Crippen LogP contribution in [0.25, 0.3) is 0 Å². The van der Waals surface area contributed by atoms with Crippen molar-refractivity contribution in [3.05, 3.63) is 64.0 Å². The van der Waals surface area contributed by atoms with Gasteiger partial charge in [0.25, 0.3) is 5.91 Å². The van der Waals surface area contributed by atoms with Crippen LogP contribution in [-0.2, 0) is 0 Å². The number of carbonyl (C=O) groups excluding carboxylic acids is 1. The van der Waals surface area contributed by atoms with Gasteiger partial charge in [-0.2, -0.15) is 0 Å². The van der Waals surface area contributed by atoms with Crippen LogP contribution >= 0.6 is 12.4 Å². The first-order valence-corrected chi connectivity index (χ1v) is 7.86. The van der Waals surface area contributed by atoms with E-state index in [1.54, 1.807) is 17.3 Å². The minimum absolute atomic E-state index is 0. The molecule has 0 aliphatic carbocycles. The van der Waals surface area contributed by atoms with E-state index >= 15 is 0 Å². The van der Waals surface area contributed by atoms with Gasteiger partial charge in [0, 0.05) is 49.7 Å². The van der Waals surface area contributed by atoms with Crippen LogP contribution in [0, 0.1) is 10.1 Å². The number of halogens is 1. The number of hydrogen-bond donors (Lipinski definition) is 1. The molecule has 138 valence electrons. The Hall–Kier alpha value is -2.71. The first kappa shape index (κ1) is 19.6. The maximum atomic E-state index is 13.0. The van der Waals surface area contributed by atoms with Gasteiger partial charge in [-0.05, 0) is 17.7 Å². The standard InChI is InChI=1S/C17H18N4O4.ClH/c1-25-16-9-12(4-5-14(16)21(23)24)17(22)20-8-7-19-11-15(20)13-3-2-6-18-10-13;/h2-6,9-10,15,19H,7-8,11H2,1H3;1H. The topological polar surface area (TPSA) is 97.6 Å². The molecule has 2 heterocycles. The molecule has 3 rings (SSSR count). The lowest BCUT2D eigenvalue weighted by Crippen LogP contribution is -2.48. The van der Waals surface area contributed by atoms with Crippen LogP contribution in [0.2, 0.25) is 0 Å². The van der Waals surface area contributed by atoms with Crippen molar-refractivity contribution < 1.29 is 14.5 Å². The molecule has 1 amide bonds. The molecule has 8 nitrogen and oxygen atoms in total. The first-order chi connectivity index (χ1) is 12.1. The Balaban J connectivity index is 0.00000243.